The fourth-order valence-corrected chi connectivity index (χ4v) is 3.15. The maximum Gasteiger partial charge on any atom is 0.0322 e. The van der Waals surface area contributed by atoms with Crippen LogP contribution in [0.1, 0.15) is 61.8 Å². The highest BCUT2D eigenvalue weighted by Crippen LogP contribution is 2.54. The molecule has 0 amide bonds. The van der Waals surface area contributed by atoms with E-state index in [1.807, 2.05) is 18.2 Å². The van der Waals surface area contributed by atoms with Crippen LogP contribution < -0.4 is 0 Å². The van der Waals surface area contributed by atoms with Gasteiger partial charge in [-0.3, -0.25) is 0 Å². The highest BCUT2D eigenvalue weighted by atomic mass is 14.5. The van der Waals surface area contributed by atoms with E-state index in [1.54, 1.807) is 0 Å². The second kappa shape index (κ2) is 4.11. The van der Waals surface area contributed by atoms with Crippen LogP contribution in [-0.2, 0) is 12.8 Å². The molecule has 0 heteroatoms. The Labute approximate surface area is 116 Å². The van der Waals surface area contributed by atoms with E-state index in [2.05, 4.69) is 47.6 Å². The summed E-state index contributed by atoms with van der Waals surface area (Å²) in [6.45, 7) is 13.3. The third-order valence-electron chi connectivity index (χ3n) is 4.15. The van der Waals surface area contributed by atoms with Crippen LogP contribution in [0.25, 0.3) is 0 Å². The summed E-state index contributed by atoms with van der Waals surface area (Å²) in [7, 11) is 0. The van der Waals surface area contributed by atoms with Crippen molar-refractivity contribution in [2.75, 3.05) is 0 Å². The van der Waals surface area contributed by atoms with Crippen LogP contribution in [-0.4, -0.2) is 0 Å². The van der Waals surface area contributed by atoms with Crippen molar-refractivity contribution < 1.29 is 2.74 Å². The fourth-order valence-electron chi connectivity index (χ4n) is 3.15. The number of hydrogen-bond donors (Lipinski definition) is 0. The Balaban J connectivity index is 2.62. The fraction of sp³-hybridized carbons (Fsp3) is 0.667. The topological polar surface area (TPSA) is 0 Å². The maximum absolute atomic E-state index is 8.88. The van der Waals surface area contributed by atoms with Gasteiger partial charge < -0.3 is 0 Å². The van der Waals surface area contributed by atoms with Crippen LogP contribution in [0.3, 0.4) is 0 Å². The molecule has 0 heterocycles. The van der Waals surface area contributed by atoms with Crippen molar-refractivity contribution in [1.82, 2.24) is 0 Å². The van der Waals surface area contributed by atoms with Crippen molar-refractivity contribution in [1.29, 1.82) is 0 Å². The van der Waals surface area contributed by atoms with Crippen LogP contribution >= 0.6 is 0 Å². The van der Waals surface area contributed by atoms with Crippen molar-refractivity contribution in [3.05, 3.63) is 35.4 Å². The second-order valence-electron chi connectivity index (χ2n) is 8.03. The predicted molar refractivity (Wildman–Crippen MR) is 79.8 cm³/mol. The van der Waals surface area contributed by atoms with Crippen LogP contribution in [0.5, 0.6) is 0 Å². The normalized spacial score (nSPS) is 28.6. The van der Waals surface area contributed by atoms with Crippen molar-refractivity contribution >= 4 is 0 Å². The minimum atomic E-state index is -1.27. The summed E-state index contributed by atoms with van der Waals surface area (Å²) in [5.74, 6) is 0. The Morgan fingerprint density at radius 3 is 2.06 bits per heavy atom. The molecule has 0 saturated carbocycles. The van der Waals surface area contributed by atoms with Gasteiger partial charge in [0.1, 0.15) is 0 Å². The van der Waals surface area contributed by atoms with E-state index in [4.69, 9.17) is 2.74 Å². The van der Waals surface area contributed by atoms with Gasteiger partial charge in [0.15, 0.2) is 0 Å². The summed E-state index contributed by atoms with van der Waals surface area (Å²) in [6.07, 6.45) is 0.469. The number of rotatable bonds is 1. The Bertz CT molecular complexity index is 503. The standard InChI is InChI=1S/C18H28/c1-16(2,3)13-18(17(4,5)6)11-14-9-7-8-10-15(14)12-18/h7-10H,11-13H2,1-6H3/i11D2. The first-order valence-electron chi connectivity index (χ1n) is 7.99. The largest absolute Gasteiger partial charge is 0.0620 e. The molecule has 0 saturated heterocycles. The molecule has 1 atom stereocenters. The Morgan fingerprint density at radius 2 is 1.61 bits per heavy atom. The molecule has 2 rings (SSSR count). The second-order valence-corrected chi connectivity index (χ2v) is 8.03. The van der Waals surface area contributed by atoms with Gasteiger partial charge in [-0.2, -0.15) is 0 Å². The molecule has 1 aliphatic rings. The SMILES string of the molecule is [2H]C1([2H])c2ccccc2CC1(CC(C)(C)C)C(C)(C)C. The maximum atomic E-state index is 8.88. The minimum Gasteiger partial charge on any atom is -0.0620 e. The van der Waals surface area contributed by atoms with Crippen molar-refractivity contribution in [3.8, 4) is 0 Å². The first-order valence-corrected chi connectivity index (χ1v) is 6.99. The summed E-state index contributed by atoms with van der Waals surface area (Å²) in [5.41, 5.74) is 1.78. The van der Waals surface area contributed by atoms with Gasteiger partial charge in [0.05, 0.1) is 0 Å². The smallest absolute Gasteiger partial charge is 0.0322 e. The Morgan fingerprint density at radius 1 is 1.06 bits per heavy atom. The van der Waals surface area contributed by atoms with Crippen LogP contribution in [0.15, 0.2) is 24.3 Å². The molecule has 0 nitrogen and oxygen atoms in total. The van der Waals surface area contributed by atoms with Gasteiger partial charge in [-0.1, -0.05) is 65.8 Å². The lowest BCUT2D eigenvalue weighted by Gasteiger charge is -2.46. The van der Waals surface area contributed by atoms with E-state index >= 15 is 0 Å². The predicted octanol–water partition coefficient (Wildman–Crippen LogP) is 5.25. The third-order valence-corrected chi connectivity index (χ3v) is 4.15. The zero-order valence-electron chi connectivity index (χ0n) is 14.7. The number of fused-ring (bicyclic) bond motifs is 1. The van der Waals surface area contributed by atoms with Gasteiger partial charge in [-0.05, 0) is 46.6 Å². The summed E-state index contributed by atoms with van der Waals surface area (Å²) < 4.78 is 17.8. The molecule has 1 unspecified atom stereocenters. The molecule has 0 fully saturated rings. The van der Waals surface area contributed by atoms with Gasteiger partial charge in [-0.25, -0.2) is 0 Å². The molecule has 1 aromatic carbocycles. The summed E-state index contributed by atoms with van der Waals surface area (Å²) >= 11 is 0. The number of hydrogen-bond acceptors (Lipinski definition) is 0. The summed E-state index contributed by atoms with van der Waals surface area (Å²) in [6, 6.07) is 8.08. The summed E-state index contributed by atoms with van der Waals surface area (Å²) in [4.78, 5) is 0. The first kappa shape index (κ1) is 11.1. The van der Waals surface area contributed by atoms with Gasteiger partial charge in [0.25, 0.3) is 0 Å². The molecule has 0 bridgehead atoms. The highest BCUT2D eigenvalue weighted by Gasteiger charge is 2.47. The summed E-state index contributed by atoms with van der Waals surface area (Å²) in [5, 5.41) is 0. The van der Waals surface area contributed by atoms with Crippen LogP contribution in [0.4, 0.5) is 0 Å². The monoisotopic (exact) mass is 246 g/mol. The molecular weight excluding hydrogens is 216 g/mol. The number of benzene rings is 1. The molecule has 100 valence electrons. The van der Waals surface area contributed by atoms with E-state index in [1.165, 1.54) is 5.56 Å². The average molecular weight is 246 g/mol. The molecule has 0 spiro atoms. The van der Waals surface area contributed by atoms with Crippen molar-refractivity contribution in [3.63, 3.8) is 0 Å². The molecule has 18 heavy (non-hydrogen) atoms. The van der Waals surface area contributed by atoms with Gasteiger partial charge in [-0.15, -0.1) is 0 Å². The molecule has 0 aromatic heterocycles. The zero-order valence-corrected chi connectivity index (χ0v) is 12.7. The lowest BCUT2D eigenvalue weighted by molar-refractivity contribution is 0.0455. The van der Waals surface area contributed by atoms with E-state index in [0.29, 0.717) is 0 Å². The molecule has 0 radical (unpaired) electrons. The van der Waals surface area contributed by atoms with E-state index in [0.717, 1.165) is 18.4 Å². The van der Waals surface area contributed by atoms with Crippen LogP contribution in [0, 0.1) is 16.2 Å². The first-order chi connectivity index (χ1) is 8.91. The van der Waals surface area contributed by atoms with E-state index < -0.39 is 6.37 Å². The Hall–Kier alpha value is -0.780. The zero-order chi connectivity index (χ0) is 15.4. The van der Waals surface area contributed by atoms with Gasteiger partial charge >= 0.3 is 0 Å². The lowest BCUT2D eigenvalue weighted by atomic mass is 9.59. The third kappa shape index (κ3) is 2.48. The van der Waals surface area contributed by atoms with E-state index in [9.17, 15) is 0 Å². The minimum absolute atomic E-state index is 0.0806. The van der Waals surface area contributed by atoms with Crippen molar-refractivity contribution in [2.45, 2.75) is 60.8 Å². The molecule has 1 aliphatic carbocycles. The average Bonchev–Trinajstić information content (AvgIpc) is 2.46. The van der Waals surface area contributed by atoms with Gasteiger partial charge in [0.2, 0.25) is 0 Å². The lowest BCUT2D eigenvalue weighted by Crippen LogP contribution is -2.39. The molecule has 1 aromatic rings. The van der Waals surface area contributed by atoms with Crippen molar-refractivity contribution in [2.24, 2.45) is 16.2 Å². The molecular formula is C18H28. The highest BCUT2D eigenvalue weighted by molar-refractivity contribution is 5.35. The van der Waals surface area contributed by atoms with Gasteiger partial charge in [0, 0.05) is 2.74 Å². The quantitative estimate of drug-likeness (QED) is 0.634. The van der Waals surface area contributed by atoms with Crippen LogP contribution in [0.2, 0.25) is 0 Å². The molecule has 0 aliphatic heterocycles. The Kier molecular flexibility index (Phi) is 2.53. The van der Waals surface area contributed by atoms with E-state index in [-0.39, 0.29) is 16.2 Å². The molecule has 0 N–H and O–H groups in total.